The van der Waals surface area contributed by atoms with Crippen LogP contribution in [0.5, 0.6) is 11.5 Å². The summed E-state index contributed by atoms with van der Waals surface area (Å²) in [6.07, 6.45) is 0. The van der Waals surface area contributed by atoms with Gasteiger partial charge in [0.25, 0.3) is 5.91 Å². The van der Waals surface area contributed by atoms with E-state index in [0.717, 1.165) is 26.2 Å². The molecule has 0 spiro atoms. The topological polar surface area (TPSA) is 96.6 Å². The summed E-state index contributed by atoms with van der Waals surface area (Å²) in [6, 6.07) is 2.90. The maximum absolute atomic E-state index is 12.2. The van der Waals surface area contributed by atoms with Crippen LogP contribution < -0.4 is 33.5 Å². The molecule has 1 amide bonds. The lowest BCUT2D eigenvalue weighted by molar-refractivity contribution is -0.903. The number of likely N-dealkylation sites (N-methyl/N-ethyl adjacent to an activating group) is 1. The predicted octanol–water partition coefficient (Wildman–Crippen LogP) is -3.02. The smallest absolute Gasteiger partial charge is 0.279 e. The van der Waals surface area contributed by atoms with Gasteiger partial charge in [-0.15, -0.1) is 0 Å². The molecular formula is C14H23ClN4O3. The summed E-state index contributed by atoms with van der Waals surface area (Å²) in [4.78, 5) is 12.2. The summed E-state index contributed by atoms with van der Waals surface area (Å²) in [5.41, 5.74) is 6.33. The SMILES string of the molecule is COc1cc(NC(=O)C[N+]2(C)CCNCC2)c(O)cc1N.[Cl-]. The Balaban J connectivity index is 0.00000242. The molecule has 0 saturated carbocycles. The summed E-state index contributed by atoms with van der Waals surface area (Å²) in [5, 5.41) is 15.9. The van der Waals surface area contributed by atoms with Crippen molar-refractivity contribution in [1.29, 1.82) is 0 Å². The number of amides is 1. The van der Waals surface area contributed by atoms with Gasteiger partial charge in [0.2, 0.25) is 0 Å². The Labute approximate surface area is 136 Å². The number of nitrogens with zero attached hydrogens (tertiary/aromatic N) is 1. The van der Waals surface area contributed by atoms with E-state index in [2.05, 4.69) is 17.7 Å². The van der Waals surface area contributed by atoms with E-state index < -0.39 is 0 Å². The van der Waals surface area contributed by atoms with Crippen LogP contribution in [0.2, 0.25) is 0 Å². The van der Waals surface area contributed by atoms with Crippen molar-refractivity contribution in [3.8, 4) is 11.5 Å². The molecule has 0 atom stereocenters. The lowest BCUT2D eigenvalue weighted by atomic mass is 10.2. The Morgan fingerprint density at radius 2 is 2.09 bits per heavy atom. The number of quaternary nitrogens is 1. The van der Waals surface area contributed by atoms with Crippen LogP contribution in [-0.4, -0.2) is 62.4 Å². The molecule has 2 rings (SSSR count). The highest BCUT2D eigenvalue weighted by atomic mass is 35.5. The predicted molar refractivity (Wildman–Crippen MR) is 81.4 cm³/mol. The fourth-order valence-electron chi connectivity index (χ4n) is 2.49. The number of nitrogens with two attached hydrogens (primary N) is 1. The van der Waals surface area contributed by atoms with Gasteiger partial charge in [-0.3, -0.25) is 4.79 Å². The van der Waals surface area contributed by atoms with Crippen molar-refractivity contribution >= 4 is 17.3 Å². The van der Waals surface area contributed by atoms with E-state index in [9.17, 15) is 9.90 Å². The molecule has 0 unspecified atom stereocenters. The summed E-state index contributed by atoms with van der Waals surface area (Å²) in [5.74, 6) is 0.219. The molecule has 5 N–H and O–H groups in total. The molecule has 1 fully saturated rings. The summed E-state index contributed by atoms with van der Waals surface area (Å²) < 4.78 is 5.78. The first-order valence-electron chi connectivity index (χ1n) is 6.94. The van der Waals surface area contributed by atoms with E-state index in [1.165, 1.54) is 19.2 Å². The number of carbonyl (C=O) groups is 1. The minimum atomic E-state index is -0.137. The quantitative estimate of drug-likeness (QED) is 0.268. The first-order valence-corrected chi connectivity index (χ1v) is 6.94. The van der Waals surface area contributed by atoms with Gasteiger partial charge in [0.1, 0.15) is 11.5 Å². The molecule has 1 aliphatic rings. The Morgan fingerprint density at radius 1 is 1.45 bits per heavy atom. The Morgan fingerprint density at radius 3 is 2.68 bits per heavy atom. The zero-order valence-corrected chi connectivity index (χ0v) is 13.6. The van der Waals surface area contributed by atoms with E-state index in [-0.39, 0.29) is 24.1 Å². The van der Waals surface area contributed by atoms with Gasteiger partial charge < -0.3 is 43.1 Å². The van der Waals surface area contributed by atoms with Crippen molar-refractivity contribution in [2.24, 2.45) is 0 Å². The van der Waals surface area contributed by atoms with Crippen molar-refractivity contribution in [1.82, 2.24) is 5.32 Å². The average molecular weight is 331 g/mol. The minimum Gasteiger partial charge on any atom is -1.00 e. The first-order chi connectivity index (χ1) is 9.93. The second-order valence-corrected chi connectivity index (χ2v) is 5.63. The zero-order valence-electron chi connectivity index (χ0n) is 12.9. The highest BCUT2D eigenvalue weighted by molar-refractivity contribution is 5.94. The molecule has 1 aromatic carbocycles. The largest absolute Gasteiger partial charge is 1.00 e. The third-order valence-electron chi connectivity index (χ3n) is 3.80. The molecule has 0 aliphatic carbocycles. The maximum atomic E-state index is 12.2. The highest BCUT2D eigenvalue weighted by Crippen LogP contribution is 2.33. The van der Waals surface area contributed by atoms with Gasteiger partial charge in [-0.2, -0.15) is 0 Å². The molecule has 1 aliphatic heterocycles. The number of aromatic hydroxyl groups is 1. The van der Waals surface area contributed by atoms with Gasteiger partial charge in [-0.05, 0) is 0 Å². The third-order valence-corrected chi connectivity index (χ3v) is 3.80. The van der Waals surface area contributed by atoms with Crippen molar-refractivity contribution in [3.05, 3.63) is 12.1 Å². The number of piperazine rings is 1. The standard InChI is InChI=1S/C14H22N4O3.ClH/c1-18(5-3-16-4-6-18)9-14(20)17-11-8-13(21-2)10(15)7-12(11)19;/h7-8,16H,3-6,9,15H2,1-2H3,(H-,17,19,20);1H. The number of ether oxygens (including phenoxy) is 1. The number of halogens is 1. The fourth-order valence-corrected chi connectivity index (χ4v) is 2.49. The fraction of sp³-hybridized carbons (Fsp3) is 0.500. The number of benzene rings is 1. The average Bonchev–Trinajstić information content (AvgIpc) is 2.42. The monoisotopic (exact) mass is 330 g/mol. The number of hydrogen-bond donors (Lipinski definition) is 4. The minimum absolute atomic E-state index is 0. The van der Waals surface area contributed by atoms with Gasteiger partial charge in [0, 0.05) is 25.2 Å². The molecule has 124 valence electrons. The van der Waals surface area contributed by atoms with Crippen molar-refractivity contribution in [3.63, 3.8) is 0 Å². The van der Waals surface area contributed by atoms with E-state index >= 15 is 0 Å². The Bertz CT molecular complexity index is 533. The Kier molecular flexibility index (Phi) is 6.28. The number of nitrogen functional groups attached to an aromatic ring is 1. The molecule has 7 nitrogen and oxygen atoms in total. The van der Waals surface area contributed by atoms with Crippen LogP contribution in [-0.2, 0) is 4.79 Å². The van der Waals surface area contributed by atoms with Crippen molar-refractivity contribution < 1.29 is 31.5 Å². The summed E-state index contributed by atoms with van der Waals surface area (Å²) in [7, 11) is 3.55. The van der Waals surface area contributed by atoms with E-state index in [1.54, 1.807) is 0 Å². The van der Waals surface area contributed by atoms with Crippen LogP contribution in [0, 0.1) is 0 Å². The normalized spacial score (nSPS) is 16.5. The number of carbonyl (C=O) groups excluding carboxylic acids is 1. The Hall–Kier alpha value is -1.70. The zero-order chi connectivity index (χ0) is 15.5. The number of phenols is 1. The van der Waals surface area contributed by atoms with Gasteiger partial charge in [0.05, 0.1) is 38.6 Å². The third kappa shape index (κ3) is 4.40. The summed E-state index contributed by atoms with van der Waals surface area (Å²) in [6.45, 7) is 4.00. The van der Waals surface area contributed by atoms with Gasteiger partial charge in [-0.1, -0.05) is 0 Å². The number of anilines is 2. The van der Waals surface area contributed by atoms with Crippen molar-refractivity contribution in [2.45, 2.75) is 0 Å². The van der Waals surface area contributed by atoms with Crippen LogP contribution in [0.1, 0.15) is 0 Å². The number of methoxy groups -OCH3 is 1. The molecule has 1 saturated heterocycles. The van der Waals surface area contributed by atoms with Crippen LogP contribution in [0.3, 0.4) is 0 Å². The second kappa shape index (κ2) is 7.53. The van der Waals surface area contributed by atoms with Crippen LogP contribution in [0.4, 0.5) is 11.4 Å². The van der Waals surface area contributed by atoms with Crippen molar-refractivity contribution in [2.75, 3.05) is 57.9 Å². The molecule has 22 heavy (non-hydrogen) atoms. The number of nitrogens with one attached hydrogen (secondary N) is 2. The first kappa shape index (κ1) is 18.3. The van der Waals surface area contributed by atoms with Crippen LogP contribution in [0.15, 0.2) is 12.1 Å². The van der Waals surface area contributed by atoms with E-state index in [1.807, 2.05) is 0 Å². The molecule has 0 aromatic heterocycles. The molecular weight excluding hydrogens is 308 g/mol. The molecule has 1 heterocycles. The van der Waals surface area contributed by atoms with Crippen LogP contribution >= 0.6 is 0 Å². The number of hydrogen-bond acceptors (Lipinski definition) is 5. The molecule has 1 aromatic rings. The molecule has 8 heteroatoms. The summed E-state index contributed by atoms with van der Waals surface area (Å²) >= 11 is 0. The number of phenolic OH excluding ortho intramolecular Hbond substituents is 1. The number of rotatable bonds is 4. The van der Waals surface area contributed by atoms with Gasteiger partial charge in [0.15, 0.2) is 6.54 Å². The van der Waals surface area contributed by atoms with Gasteiger partial charge in [-0.25, -0.2) is 0 Å². The van der Waals surface area contributed by atoms with E-state index in [0.29, 0.717) is 28.2 Å². The van der Waals surface area contributed by atoms with Gasteiger partial charge >= 0.3 is 0 Å². The molecule has 0 bridgehead atoms. The second-order valence-electron chi connectivity index (χ2n) is 5.63. The maximum Gasteiger partial charge on any atom is 0.279 e. The lowest BCUT2D eigenvalue weighted by Gasteiger charge is -2.37. The van der Waals surface area contributed by atoms with E-state index in [4.69, 9.17) is 10.5 Å². The van der Waals surface area contributed by atoms with Crippen LogP contribution in [0.25, 0.3) is 0 Å². The molecule has 0 radical (unpaired) electrons. The lowest BCUT2D eigenvalue weighted by Crippen LogP contribution is -3.00. The highest BCUT2D eigenvalue weighted by Gasteiger charge is 2.27.